The summed E-state index contributed by atoms with van der Waals surface area (Å²) in [5.41, 5.74) is 0. The molecule has 0 atom stereocenters. The van der Waals surface area contributed by atoms with Gasteiger partial charge in [-0.1, -0.05) is 0 Å². The summed E-state index contributed by atoms with van der Waals surface area (Å²) in [5, 5.41) is 0. The monoisotopic (exact) mass is 370 g/mol. The molecule has 0 amide bonds. The van der Waals surface area contributed by atoms with Crippen molar-refractivity contribution in [3.63, 3.8) is 0 Å². The summed E-state index contributed by atoms with van der Waals surface area (Å²) in [7, 11) is 21.0. The first-order valence-electron chi connectivity index (χ1n) is 0.598. The van der Waals surface area contributed by atoms with E-state index in [9.17, 15) is 0 Å². The van der Waals surface area contributed by atoms with Crippen LogP contribution in [0.25, 0.3) is 0 Å². The number of hydrogen-bond acceptors (Lipinski definition) is 0. The molecule has 0 aliphatic carbocycles. The Bertz CT molecular complexity index is 37.1. The van der Waals surface area contributed by atoms with Crippen molar-refractivity contribution < 1.29 is 9.60 Å². The zero-order valence-electron chi connectivity index (χ0n) is 2.21. The standard InChI is InChI=1S/5ClH.Pt/h5*1H;/q;;;;;+2/p-5. The molecule has 0 N–H and O–H groups in total. The van der Waals surface area contributed by atoms with Crippen LogP contribution in [0.3, 0.4) is 0 Å². The maximum absolute atomic E-state index is 5.03. The van der Waals surface area contributed by atoms with E-state index in [1.54, 1.807) is 0 Å². The van der Waals surface area contributed by atoms with Gasteiger partial charge in [0.05, 0.1) is 0 Å². The minimum atomic E-state index is -4.19. The average molecular weight is 372 g/mol. The molecule has 0 rings (SSSR count). The molecule has 0 aliphatic heterocycles. The number of halogens is 5. The van der Waals surface area contributed by atoms with Crippen LogP contribution in [0.1, 0.15) is 0 Å². The first-order chi connectivity index (χ1) is 2.24. The molecule has 0 aromatic rings. The second kappa shape index (κ2) is 1.83. The number of hydrogen-bond donors (Lipinski definition) is 0. The van der Waals surface area contributed by atoms with Gasteiger partial charge in [-0.05, 0) is 0 Å². The molecule has 0 fully saturated rings. The first-order valence-corrected chi connectivity index (χ1v) is 14.7. The van der Waals surface area contributed by atoms with E-state index < -0.39 is 9.60 Å². The Morgan fingerprint density at radius 1 is 0.667 bits per heavy atom. The fraction of sp³-hybridized carbons (Fsp3) is 0. The van der Waals surface area contributed by atoms with Gasteiger partial charge < -0.3 is 0 Å². The molecule has 0 aliphatic rings. The molecule has 0 unspecified atom stereocenters. The van der Waals surface area contributed by atoms with Gasteiger partial charge in [-0.2, -0.15) is 0 Å². The van der Waals surface area contributed by atoms with Crippen molar-refractivity contribution in [3.05, 3.63) is 0 Å². The molecule has 6 heavy (non-hydrogen) atoms. The summed E-state index contributed by atoms with van der Waals surface area (Å²) in [6, 6.07) is 0. The number of rotatable bonds is 0. The van der Waals surface area contributed by atoms with Crippen molar-refractivity contribution in [2.45, 2.75) is 0 Å². The third-order valence-corrected chi connectivity index (χ3v) is 0. The summed E-state index contributed by atoms with van der Waals surface area (Å²) < 4.78 is 0. The Balaban J connectivity index is 3.73. The van der Waals surface area contributed by atoms with Crippen molar-refractivity contribution in [2.24, 2.45) is 0 Å². The summed E-state index contributed by atoms with van der Waals surface area (Å²) in [6.45, 7) is 0. The summed E-state index contributed by atoms with van der Waals surface area (Å²) >= 11 is 0. The van der Waals surface area contributed by atoms with Crippen molar-refractivity contribution in [1.29, 1.82) is 0 Å². The van der Waals surface area contributed by atoms with Crippen molar-refractivity contribution in [2.75, 3.05) is 0 Å². The maximum atomic E-state index is 5.03. The molecular formula is Cl5Pt-3. The second-order valence-electron chi connectivity index (χ2n) is 0.452. The van der Waals surface area contributed by atoms with Gasteiger partial charge in [-0.25, -0.2) is 0 Å². The van der Waals surface area contributed by atoms with Crippen LogP contribution < -0.4 is 0 Å². The molecule has 0 aromatic heterocycles. The topological polar surface area (TPSA) is 0 Å². The Kier molecular flexibility index (Phi) is 2.48. The van der Waals surface area contributed by atoms with Crippen LogP contribution in [-0.4, -0.2) is 0 Å². The summed E-state index contributed by atoms with van der Waals surface area (Å²) in [5.74, 6) is 0. The SMILES string of the molecule is [Cl][Pt-3]([Cl])([Cl])([Cl])[Cl]. The van der Waals surface area contributed by atoms with E-state index in [4.69, 9.17) is 47.1 Å². The van der Waals surface area contributed by atoms with Crippen LogP contribution in [0.4, 0.5) is 0 Å². The quantitative estimate of drug-likeness (QED) is 0.611. The Morgan fingerprint density at radius 2 is 0.667 bits per heavy atom. The van der Waals surface area contributed by atoms with Crippen molar-refractivity contribution in [1.82, 2.24) is 0 Å². The average Bonchev–Trinajstić information content (AvgIpc) is 0.650. The molecule has 0 saturated carbocycles. The van der Waals surface area contributed by atoms with Crippen molar-refractivity contribution >= 4 is 47.1 Å². The predicted octanol–water partition coefficient (Wildman–Crippen LogP) is 3.44. The third-order valence-electron chi connectivity index (χ3n) is 0. The van der Waals surface area contributed by atoms with Crippen LogP contribution in [0.2, 0.25) is 0 Å². The Labute approximate surface area is 56.1 Å². The summed E-state index contributed by atoms with van der Waals surface area (Å²) in [4.78, 5) is 0. The van der Waals surface area contributed by atoms with Gasteiger partial charge in [0.25, 0.3) is 0 Å². The van der Waals surface area contributed by atoms with Gasteiger partial charge in [0.1, 0.15) is 0 Å². The predicted molar refractivity (Wildman–Crippen MR) is 29.3 cm³/mol. The minimum absolute atomic E-state index is 4.19. The van der Waals surface area contributed by atoms with E-state index >= 15 is 0 Å². The van der Waals surface area contributed by atoms with Gasteiger partial charge in [-0.3, -0.25) is 0 Å². The van der Waals surface area contributed by atoms with Gasteiger partial charge in [0.2, 0.25) is 0 Å². The molecule has 0 heterocycles. The molecule has 0 aromatic carbocycles. The van der Waals surface area contributed by atoms with E-state index in [1.807, 2.05) is 0 Å². The zero-order valence-corrected chi connectivity index (χ0v) is 8.26. The molecular weight excluding hydrogens is 372 g/mol. The second-order valence-corrected chi connectivity index (χ2v) is 33.3. The van der Waals surface area contributed by atoms with Gasteiger partial charge >= 0.3 is 56.7 Å². The molecule has 0 nitrogen and oxygen atoms in total. The fourth-order valence-corrected chi connectivity index (χ4v) is 0. The van der Waals surface area contributed by atoms with Crippen LogP contribution in [0.5, 0.6) is 0 Å². The van der Waals surface area contributed by atoms with E-state index in [0.717, 1.165) is 0 Å². The molecule has 6 heteroatoms. The van der Waals surface area contributed by atoms with Crippen LogP contribution in [0, 0.1) is 0 Å². The van der Waals surface area contributed by atoms with E-state index in [2.05, 4.69) is 0 Å². The molecule has 48 valence electrons. The molecule has 0 radical (unpaired) electrons. The molecule has 0 saturated heterocycles. The van der Waals surface area contributed by atoms with E-state index in [0.29, 0.717) is 0 Å². The normalized spacial score (nSPS) is 19.2. The Hall–Kier alpha value is 2.14. The van der Waals surface area contributed by atoms with Gasteiger partial charge in [0.15, 0.2) is 0 Å². The summed E-state index contributed by atoms with van der Waals surface area (Å²) in [6.07, 6.45) is 0. The Morgan fingerprint density at radius 3 is 0.667 bits per heavy atom. The van der Waals surface area contributed by atoms with E-state index in [1.165, 1.54) is 0 Å². The molecule has 0 bridgehead atoms. The molecule has 0 spiro atoms. The van der Waals surface area contributed by atoms with Gasteiger partial charge in [-0.15, -0.1) is 0 Å². The third kappa shape index (κ3) is 35.4. The van der Waals surface area contributed by atoms with E-state index in [-0.39, 0.29) is 0 Å². The van der Waals surface area contributed by atoms with Crippen LogP contribution in [0.15, 0.2) is 0 Å². The van der Waals surface area contributed by atoms with Gasteiger partial charge in [0, 0.05) is 0 Å². The van der Waals surface area contributed by atoms with Crippen LogP contribution in [-0.2, 0) is 9.60 Å². The fourth-order valence-electron chi connectivity index (χ4n) is 0. The van der Waals surface area contributed by atoms with Crippen LogP contribution >= 0.6 is 47.1 Å². The van der Waals surface area contributed by atoms with Crippen molar-refractivity contribution in [3.8, 4) is 0 Å². The first kappa shape index (κ1) is 8.14. The zero-order chi connectivity index (χ0) is 5.45.